The number of hydrogen-bond donors (Lipinski definition) is 2. The number of rotatable bonds is 9. The summed E-state index contributed by atoms with van der Waals surface area (Å²) < 4.78 is 10.9. The molecule has 0 amide bonds. The second-order valence-electron chi connectivity index (χ2n) is 5.73. The Morgan fingerprint density at radius 1 is 1.28 bits per heavy atom. The van der Waals surface area contributed by atoms with Gasteiger partial charge in [0.25, 0.3) is 0 Å². The monoisotopic (exact) mass is 361 g/mol. The number of hydrogen-bond acceptors (Lipinski definition) is 4. The van der Waals surface area contributed by atoms with E-state index < -0.39 is 6.10 Å². The molecular formula is C20H24ClNO3. The van der Waals surface area contributed by atoms with E-state index in [4.69, 9.17) is 21.1 Å². The second-order valence-corrected chi connectivity index (χ2v) is 6.14. The molecule has 4 nitrogen and oxygen atoms in total. The molecular weight excluding hydrogens is 338 g/mol. The van der Waals surface area contributed by atoms with Crippen molar-refractivity contribution >= 4 is 11.6 Å². The topological polar surface area (TPSA) is 50.7 Å². The molecule has 0 unspecified atom stereocenters. The Morgan fingerprint density at radius 2 is 2.00 bits per heavy atom. The van der Waals surface area contributed by atoms with E-state index in [0.29, 0.717) is 29.7 Å². The standard InChI is InChI=1S/C20H24ClNO3/c1-4-10-25-20-17(21)11-15(12-18(20)24-3)13-22-14(2)19(23)16-8-6-5-7-9-16/h4-9,11-12,14,19,22-23H,1,10,13H2,2-3H3/t14-,19+/m0/s1. The summed E-state index contributed by atoms with van der Waals surface area (Å²) in [7, 11) is 1.57. The molecule has 0 heterocycles. The fourth-order valence-electron chi connectivity index (χ4n) is 2.49. The Bertz CT molecular complexity index is 691. The highest BCUT2D eigenvalue weighted by atomic mass is 35.5. The van der Waals surface area contributed by atoms with Crippen LogP contribution in [-0.4, -0.2) is 24.9 Å². The predicted octanol–water partition coefficient (Wildman–Crippen LogP) is 4.13. The van der Waals surface area contributed by atoms with E-state index in [1.807, 2.05) is 49.4 Å². The van der Waals surface area contributed by atoms with E-state index in [1.165, 1.54) is 0 Å². The van der Waals surface area contributed by atoms with Gasteiger partial charge < -0.3 is 19.9 Å². The van der Waals surface area contributed by atoms with Crippen LogP contribution in [0.5, 0.6) is 11.5 Å². The van der Waals surface area contributed by atoms with E-state index in [0.717, 1.165) is 11.1 Å². The van der Waals surface area contributed by atoms with E-state index in [9.17, 15) is 5.11 Å². The highest BCUT2D eigenvalue weighted by molar-refractivity contribution is 6.32. The Labute approximate surface area is 154 Å². The van der Waals surface area contributed by atoms with Gasteiger partial charge in [-0.3, -0.25) is 0 Å². The first kappa shape index (κ1) is 19.3. The van der Waals surface area contributed by atoms with Crippen LogP contribution in [-0.2, 0) is 6.54 Å². The lowest BCUT2D eigenvalue weighted by Crippen LogP contribution is -2.31. The lowest BCUT2D eigenvalue weighted by molar-refractivity contribution is 0.135. The summed E-state index contributed by atoms with van der Waals surface area (Å²) in [6, 6.07) is 13.2. The van der Waals surface area contributed by atoms with Crippen LogP contribution in [0.25, 0.3) is 0 Å². The maximum atomic E-state index is 10.4. The second kappa shape index (κ2) is 9.47. The number of methoxy groups -OCH3 is 1. The summed E-state index contributed by atoms with van der Waals surface area (Å²) in [5.74, 6) is 1.08. The first-order chi connectivity index (χ1) is 12.1. The number of halogens is 1. The number of benzene rings is 2. The molecule has 134 valence electrons. The summed E-state index contributed by atoms with van der Waals surface area (Å²) in [6.07, 6.45) is 1.06. The molecule has 0 spiro atoms. The van der Waals surface area contributed by atoms with Crippen molar-refractivity contribution in [2.75, 3.05) is 13.7 Å². The molecule has 2 aromatic carbocycles. The third kappa shape index (κ3) is 5.23. The van der Waals surface area contributed by atoms with Crippen molar-refractivity contribution < 1.29 is 14.6 Å². The van der Waals surface area contributed by atoms with Crippen molar-refractivity contribution in [2.45, 2.75) is 25.6 Å². The average molecular weight is 362 g/mol. The normalized spacial score (nSPS) is 13.1. The maximum absolute atomic E-state index is 10.4. The summed E-state index contributed by atoms with van der Waals surface area (Å²) in [5.41, 5.74) is 1.83. The van der Waals surface area contributed by atoms with Gasteiger partial charge in [-0.25, -0.2) is 0 Å². The Balaban J connectivity index is 2.05. The van der Waals surface area contributed by atoms with Gasteiger partial charge in [-0.05, 0) is 30.2 Å². The van der Waals surface area contributed by atoms with Gasteiger partial charge in [0.1, 0.15) is 6.61 Å². The smallest absolute Gasteiger partial charge is 0.180 e. The van der Waals surface area contributed by atoms with Gasteiger partial charge in [0, 0.05) is 12.6 Å². The molecule has 0 saturated heterocycles. The quantitative estimate of drug-likeness (QED) is 0.659. The minimum atomic E-state index is -0.589. The van der Waals surface area contributed by atoms with Crippen LogP contribution in [0.4, 0.5) is 0 Å². The van der Waals surface area contributed by atoms with Gasteiger partial charge in [-0.15, -0.1) is 0 Å². The SMILES string of the molecule is C=CCOc1c(Cl)cc(CN[C@@H](C)[C@@H](O)c2ccccc2)cc1OC. The lowest BCUT2D eigenvalue weighted by atomic mass is 10.0. The molecule has 0 aliphatic rings. The zero-order valence-corrected chi connectivity index (χ0v) is 15.3. The molecule has 0 aliphatic carbocycles. The third-order valence-corrected chi connectivity index (χ3v) is 4.16. The van der Waals surface area contributed by atoms with Crippen molar-refractivity contribution in [3.8, 4) is 11.5 Å². The van der Waals surface area contributed by atoms with Crippen LogP contribution < -0.4 is 14.8 Å². The zero-order valence-electron chi connectivity index (χ0n) is 14.5. The molecule has 2 aromatic rings. The summed E-state index contributed by atoms with van der Waals surface area (Å²) in [6.45, 7) is 6.47. The highest BCUT2D eigenvalue weighted by Crippen LogP contribution is 2.36. The number of aliphatic hydroxyl groups is 1. The van der Waals surface area contributed by atoms with Crippen LogP contribution >= 0.6 is 11.6 Å². The molecule has 5 heteroatoms. The van der Waals surface area contributed by atoms with E-state index >= 15 is 0 Å². The first-order valence-electron chi connectivity index (χ1n) is 8.13. The zero-order chi connectivity index (χ0) is 18.2. The van der Waals surface area contributed by atoms with Crippen molar-refractivity contribution in [1.82, 2.24) is 5.32 Å². The molecule has 2 N–H and O–H groups in total. The van der Waals surface area contributed by atoms with Crippen molar-refractivity contribution in [1.29, 1.82) is 0 Å². The van der Waals surface area contributed by atoms with Crippen molar-refractivity contribution in [3.63, 3.8) is 0 Å². The Kier molecular flexibility index (Phi) is 7.31. The van der Waals surface area contributed by atoms with Gasteiger partial charge in [-0.1, -0.05) is 54.6 Å². The van der Waals surface area contributed by atoms with Gasteiger partial charge in [-0.2, -0.15) is 0 Å². The van der Waals surface area contributed by atoms with Crippen LogP contribution in [0.1, 0.15) is 24.2 Å². The molecule has 2 atom stereocenters. The Morgan fingerprint density at radius 3 is 2.64 bits per heavy atom. The van der Waals surface area contributed by atoms with E-state index in [-0.39, 0.29) is 6.04 Å². The molecule has 2 rings (SSSR count). The van der Waals surface area contributed by atoms with Crippen molar-refractivity contribution in [3.05, 3.63) is 71.3 Å². The van der Waals surface area contributed by atoms with Gasteiger partial charge in [0.05, 0.1) is 18.2 Å². The molecule has 25 heavy (non-hydrogen) atoms. The van der Waals surface area contributed by atoms with Gasteiger partial charge >= 0.3 is 0 Å². The van der Waals surface area contributed by atoms with Crippen molar-refractivity contribution in [2.24, 2.45) is 0 Å². The van der Waals surface area contributed by atoms with Crippen LogP contribution in [0, 0.1) is 0 Å². The summed E-state index contributed by atoms with van der Waals surface area (Å²) in [4.78, 5) is 0. The molecule has 0 aromatic heterocycles. The molecule has 0 fully saturated rings. The summed E-state index contributed by atoms with van der Waals surface area (Å²) in [5, 5.41) is 14.2. The Hall–Kier alpha value is -2.01. The van der Waals surface area contributed by atoms with E-state index in [2.05, 4.69) is 11.9 Å². The number of nitrogens with one attached hydrogen (secondary N) is 1. The lowest BCUT2D eigenvalue weighted by Gasteiger charge is -2.21. The minimum absolute atomic E-state index is 0.121. The molecule has 0 bridgehead atoms. The average Bonchev–Trinajstić information content (AvgIpc) is 2.64. The van der Waals surface area contributed by atoms with E-state index in [1.54, 1.807) is 13.2 Å². The number of ether oxygens (including phenoxy) is 2. The van der Waals surface area contributed by atoms with Gasteiger partial charge in [0.15, 0.2) is 11.5 Å². The fraction of sp³-hybridized carbons (Fsp3) is 0.300. The maximum Gasteiger partial charge on any atom is 0.180 e. The van der Waals surface area contributed by atoms with Crippen LogP contribution in [0.3, 0.4) is 0 Å². The first-order valence-corrected chi connectivity index (χ1v) is 8.51. The summed E-state index contributed by atoms with van der Waals surface area (Å²) >= 11 is 6.31. The third-order valence-electron chi connectivity index (χ3n) is 3.88. The molecule has 0 aliphatic heterocycles. The molecule has 0 radical (unpaired) electrons. The highest BCUT2D eigenvalue weighted by Gasteiger charge is 2.17. The van der Waals surface area contributed by atoms with Crippen LogP contribution in [0.15, 0.2) is 55.1 Å². The predicted molar refractivity (Wildman–Crippen MR) is 101 cm³/mol. The number of aliphatic hydroxyl groups excluding tert-OH is 1. The largest absolute Gasteiger partial charge is 0.493 e. The fourth-order valence-corrected chi connectivity index (χ4v) is 2.77. The van der Waals surface area contributed by atoms with Crippen LogP contribution in [0.2, 0.25) is 5.02 Å². The molecule has 0 saturated carbocycles. The minimum Gasteiger partial charge on any atom is -0.493 e. The van der Waals surface area contributed by atoms with Gasteiger partial charge in [0.2, 0.25) is 0 Å².